The van der Waals surface area contributed by atoms with Gasteiger partial charge in [0.1, 0.15) is 0 Å². The summed E-state index contributed by atoms with van der Waals surface area (Å²) in [5.74, 6) is -0.203. The van der Waals surface area contributed by atoms with Gasteiger partial charge >= 0.3 is 0 Å². The summed E-state index contributed by atoms with van der Waals surface area (Å²) >= 11 is 13.8. The van der Waals surface area contributed by atoms with E-state index in [1.165, 1.54) is 18.2 Å². The Labute approximate surface area is 125 Å². The van der Waals surface area contributed by atoms with Crippen molar-refractivity contribution >= 4 is 54.8 Å². The van der Waals surface area contributed by atoms with Gasteiger partial charge in [-0.3, -0.25) is 0 Å². The van der Waals surface area contributed by atoms with Gasteiger partial charge in [0.15, 0.2) is 0 Å². The summed E-state index contributed by atoms with van der Waals surface area (Å²) in [6, 6.07) is 4.38. The van der Waals surface area contributed by atoms with Crippen molar-refractivity contribution in [1.82, 2.24) is 4.72 Å². The Kier molecular flexibility index (Phi) is 5.54. The monoisotopic (exact) mass is 370 g/mol. The van der Waals surface area contributed by atoms with Crippen LogP contribution in [0.2, 0.25) is 5.02 Å². The number of hydrogen-bond donors (Lipinski definition) is 2. The topological polar surface area (TPSA) is 72.2 Å². The van der Waals surface area contributed by atoms with Gasteiger partial charge in [-0.1, -0.05) is 30.7 Å². The first-order chi connectivity index (χ1) is 8.24. The molecule has 4 nitrogen and oxygen atoms in total. The molecule has 0 heterocycles. The van der Waals surface area contributed by atoms with Crippen LogP contribution in [0.4, 0.5) is 0 Å². The fraction of sp³-hybridized carbons (Fsp3) is 0.300. The molecule has 0 saturated heterocycles. The molecule has 0 amide bonds. The van der Waals surface area contributed by atoms with Crippen LogP contribution in [0.1, 0.15) is 6.92 Å². The van der Waals surface area contributed by atoms with Crippen LogP contribution in [0.15, 0.2) is 27.6 Å². The first kappa shape index (κ1) is 15.8. The Morgan fingerprint density at radius 2 is 2.22 bits per heavy atom. The molecule has 0 aliphatic heterocycles. The van der Waals surface area contributed by atoms with Gasteiger partial charge in [-0.15, -0.1) is 0 Å². The number of benzene rings is 1. The maximum absolute atomic E-state index is 12.0. The molecule has 100 valence electrons. The summed E-state index contributed by atoms with van der Waals surface area (Å²) in [4.78, 5) is 0.406. The number of thiocarbonyl (C=S) groups is 1. The smallest absolute Gasteiger partial charge is 0.240 e. The lowest BCUT2D eigenvalue weighted by Crippen LogP contribution is -2.33. The average Bonchev–Trinajstić information content (AvgIpc) is 2.29. The zero-order valence-corrected chi connectivity index (χ0v) is 13.5. The van der Waals surface area contributed by atoms with Crippen molar-refractivity contribution in [2.75, 3.05) is 6.54 Å². The van der Waals surface area contributed by atoms with Crippen molar-refractivity contribution in [3.05, 3.63) is 27.7 Å². The fourth-order valence-corrected chi connectivity index (χ4v) is 2.95. The number of rotatable bonds is 5. The molecule has 1 rings (SSSR count). The Morgan fingerprint density at radius 1 is 1.61 bits per heavy atom. The summed E-state index contributed by atoms with van der Waals surface area (Å²) in [5.41, 5.74) is 5.42. The molecule has 1 aromatic rings. The molecule has 1 unspecified atom stereocenters. The molecule has 0 saturated carbocycles. The predicted molar refractivity (Wildman–Crippen MR) is 80.3 cm³/mol. The summed E-state index contributed by atoms with van der Waals surface area (Å²) in [6.45, 7) is 1.92. The molecule has 0 fully saturated rings. The summed E-state index contributed by atoms with van der Waals surface area (Å²) in [5, 5.41) is 0.449. The van der Waals surface area contributed by atoms with E-state index in [4.69, 9.17) is 29.6 Å². The molecule has 0 spiro atoms. The normalized spacial score (nSPS) is 13.3. The van der Waals surface area contributed by atoms with Crippen LogP contribution in [-0.2, 0) is 10.0 Å². The molecular weight excluding hydrogens is 360 g/mol. The minimum absolute atomic E-state index is 0.133. The van der Waals surface area contributed by atoms with Gasteiger partial charge in [-0.25, -0.2) is 13.1 Å². The van der Waals surface area contributed by atoms with Crippen LogP contribution in [0, 0.1) is 5.92 Å². The lowest BCUT2D eigenvalue weighted by Gasteiger charge is -2.11. The second-order valence-electron chi connectivity index (χ2n) is 3.73. The molecule has 0 radical (unpaired) electrons. The molecule has 0 aromatic heterocycles. The molecule has 1 atom stereocenters. The van der Waals surface area contributed by atoms with Crippen LogP contribution >= 0.6 is 39.7 Å². The van der Waals surface area contributed by atoms with Gasteiger partial charge in [-0.05, 0) is 34.1 Å². The lowest BCUT2D eigenvalue weighted by molar-refractivity contribution is 0.575. The van der Waals surface area contributed by atoms with Crippen LogP contribution in [-0.4, -0.2) is 20.0 Å². The SMILES string of the molecule is CC(CNS(=O)(=O)c1ccc(Cl)c(Br)c1)C(N)=S. The summed E-state index contributed by atoms with van der Waals surface area (Å²) in [6.07, 6.45) is 0. The van der Waals surface area contributed by atoms with E-state index in [9.17, 15) is 8.42 Å². The van der Waals surface area contributed by atoms with Crippen molar-refractivity contribution < 1.29 is 8.42 Å². The second-order valence-corrected chi connectivity index (χ2v) is 7.23. The van der Waals surface area contributed by atoms with E-state index >= 15 is 0 Å². The van der Waals surface area contributed by atoms with Crippen LogP contribution < -0.4 is 10.5 Å². The zero-order chi connectivity index (χ0) is 13.9. The van der Waals surface area contributed by atoms with E-state index in [1.54, 1.807) is 6.92 Å². The molecule has 0 bridgehead atoms. The number of hydrogen-bond acceptors (Lipinski definition) is 3. The third kappa shape index (κ3) is 4.17. The van der Waals surface area contributed by atoms with Gasteiger partial charge in [0.2, 0.25) is 10.0 Å². The van der Waals surface area contributed by atoms with E-state index < -0.39 is 10.0 Å². The Morgan fingerprint density at radius 3 is 2.72 bits per heavy atom. The van der Waals surface area contributed by atoms with Gasteiger partial charge in [0, 0.05) is 16.9 Å². The van der Waals surface area contributed by atoms with Crippen LogP contribution in [0.5, 0.6) is 0 Å². The quantitative estimate of drug-likeness (QED) is 0.779. The molecular formula is C10H12BrClN2O2S2. The number of nitrogens with one attached hydrogen (secondary N) is 1. The maximum atomic E-state index is 12.0. The molecule has 0 aliphatic rings. The van der Waals surface area contributed by atoms with E-state index in [0.717, 1.165) is 0 Å². The Balaban J connectivity index is 2.87. The highest BCUT2D eigenvalue weighted by atomic mass is 79.9. The largest absolute Gasteiger partial charge is 0.393 e. The fourth-order valence-electron chi connectivity index (χ4n) is 1.06. The van der Waals surface area contributed by atoms with Gasteiger partial charge in [0.05, 0.1) is 14.9 Å². The number of nitrogens with two attached hydrogens (primary N) is 1. The highest BCUT2D eigenvalue weighted by Crippen LogP contribution is 2.25. The number of sulfonamides is 1. The first-order valence-corrected chi connectivity index (χ1v) is 8.04. The average molecular weight is 372 g/mol. The van der Waals surface area contributed by atoms with Gasteiger partial charge < -0.3 is 5.73 Å². The van der Waals surface area contributed by atoms with E-state index in [-0.39, 0.29) is 22.3 Å². The minimum atomic E-state index is -3.58. The molecule has 1 aromatic carbocycles. The highest BCUT2D eigenvalue weighted by Gasteiger charge is 2.17. The summed E-state index contributed by atoms with van der Waals surface area (Å²) in [7, 11) is -3.58. The van der Waals surface area contributed by atoms with Crippen molar-refractivity contribution in [2.45, 2.75) is 11.8 Å². The Bertz CT molecular complexity index is 563. The highest BCUT2D eigenvalue weighted by molar-refractivity contribution is 9.10. The zero-order valence-electron chi connectivity index (χ0n) is 9.48. The Hall–Kier alpha value is -0.210. The summed E-state index contributed by atoms with van der Waals surface area (Å²) < 4.78 is 26.9. The molecule has 0 aliphatic carbocycles. The standard InChI is InChI=1S/C10H12BrClN2O2S2/c1-6(10(13)17)5-14-18(15,16)7-2-3-9(12)8(11)4-7/h2-4,6,14H,5H2,1H3,(H2,13,17). The minimum Gasteiger partial charge on any atom is -0.393 e. The third-order valence-electron chi connectivity index (χ3n) is 2.27. The predicted octanol–water partition coefficient (Wildman–Crippen LogP) is 2.30. The van der Waals surface area contributed by atoms with Gasteiger partial charge in [0.25, 0.3) is 0 Å². The third-order valence-corrected chi connectivity index (χ3v) is 5.30. The lowest BCUT2D eigenvalue weighted by atomic mass is 10.2. The van der Waals surface area contributed by atoms with Crippen molar-refractivity contribution in [1.29, 1.82) is 0 Å². The van der Waals surface area contributed by atoms with Crippen molar-refractivity contribution in [3.8, 4) is 0 Å². The van der Waals surface area contributed by atoms with Crippen molar-refractivity contribution in [3.63, 3.8) is 0 Å². The van der Waals surface area contributed by atoms with Crippen LogP contribution in [0.3, 0.4) is 0 Å². The maximum Gasteiger partial charge on any atom is 0.240 e. The second kappa shape index (κ2) is 6.29. The van der Waals surface area contributed by atoms with Crippen molar-refractivity contribution in [2.24, 2.45) is 11.7 Å². The molecule has 3 N–H and O–H groups in total. The first-order valence-electron chi connectivity index (χ1n) is 4.98. The van der Waals surface area contributed by atoms with E-state index in [2.05, 4.69) is 20.7 Å². The van der Waals surface area contributed by atoms with Gasteiger partial charge in [-0.2, -0.15) is 0 Å². The van der Waals surface area contributed by atoms with E-state index in [1.807, 2.05) is 0 Å². The van der Waals surface area contributed by atoms with Crippen LogP contribution in [0.25, 0.3) is 0 Å². The molecule has 8 heteroatoms. The number of halogens is 2. The molecule has 18 heavy (non-hydrogen) atoms. The van der Waals surface area contributed by atoms with E-state index in [0.29, 0.717) is 9.50 Å².